The topological polar surface area (TPSA) is 127 Å². The summed E-state index contributed by atoms with van der Waals surface area (Å²) >= 11 is 4.21. The minimum atomic E-state index is -1.56. The molecular weight excluding hydrogens is 380 g/mol. The van der Waals surface area contributed by atoms with Gasteiger partial charge in [-0.05, 0) is 27.2 Å². The quantitative estimate of drug-likeness (QED) is 0.498. The summed E-state index contributed by atoms with van der Waals surface area (Å²) in [4.78, 5) is 80.7. The SMILES string of the molecule is CC(C)(CC(C)(S)C(=O)ON1C(=O)CCC1=O)C(=O)ON1C(=O)CCC1=O. The fourth-order valence-electron chi connectivity index (χ4n) is 2.71. The maximum Gasteiger partial charge on any atom is 0.348 e. The van der Waals surface area contributed by atoms with Gasteiger partial charge in [-0.25, -0.2) is 9.59 Å². The standard InChI is InChI=1S/C16H20N2O8S/c1-15(2,13(23)25-17-9(19)4-5-10(17)20)8-16(3,27)14(24)26-18-11(21)6-7-12(18)22/h27H,4-8H2,1-3H3. The van der Waals surface area contributed by atoms with E-state index in [1.807, 2.05) is 0 Å². The van der Waals surface area contributed by atoms with Gasteiger partial charge in [-0.15, -0.1) is 10.1 Å². The van der Waals surface area contributed by atoms with Gasteiger partial charge in [0.2, 0.25) is 0 Å². The summed E-state index contributed by atoms with van der Waals surface area (Å²) in [7, 11) is 0. The normalized spacial score (nSPS) is 20.1. The molecule has 11 heteroatoms. The zero-order valence-corrected chi connectivity index (χ0v) is 16.0. The summed E-state index contributed by atoms with van der Waals surface area (Å²) in [5, 5.41) is 0.809. The molecule has 1 atom stereocenters. The van der Waals surface area contributed by atoms with Crippen LogP contribution in [0, 0.1) is 5.41 Å². The van der Waals surface area contributed by atoms with Crippen molar-refractivity contribution in [3.8, 4) is 0 Å². The highest BCUT2D eigenvalue weighted by atomic mass is 32.1. The van der Waals surface area contributed by atoms with Crippen molar-refractivity contribution in [2.45, 2.75) is 57.6 Å². The number of hydrogen-bond acceptors (Lipinski definition) is 9. The Morgan fingerprint density at radius 2 is 1.15 bits per heavy atom. The molecule has 10 nitrogen and oxygen atoms in total. The molecule has 0 aromatic rings. The molecule has 2 aliphatic rings. The average Bonchev–Trinajstić information content (AvgIpc) is 3.03. The van der Waals surface area contributed by atoms with E-state index in [4.69, 9.17) is 9.68 Å². The van der Waals surface area contributed by atoms with Crippen LogP contribution in [-0.2, 0) is 38.4 Å². The molecule has 2 fully saturated rings. The first kappa shape index (κ1) is 20.9. The molecule has 0 spiro atoms. The zero-order valence-electron chi connectivity index (χ0n) is 15.1. The predicted molar refractivity (Wildman–Crippen MR) is 90.1 cm³/mol. The van der Waals surface area contributed by atoms with Gasteiger partial charge in [0.05, 0.1) is 5.41 Å². The maximum absolute atomic E-state index is 12.4. The third-order valence-corrected chi connectivity index (χ3v) is 4.48. The maximum atomic E-state index is 12.4. The van der Waals surface area contributed by atoms with Crippen LogP contribution >= 0.6 is 12.6 Å². The molecule has 4 amide bonds. The van der Waals surface area contributed by atoms with E-state index >= 15 is 0 Å². The van der Waals surface area contributed by atoms with Gasteiger partial charge in [0.15, 0.2) is 0 Å². The number of rotatable bonds is 6. The molecule has 2 saturated heterocycles. The van der Waals surface area contributed by atoms with E-state index in [1.54, 1.807) is 0 Å². The molecule has 2 rings (SSSR count). The van der Waals surface area contributed by atoms with E-state index in [-0.39, 0.29) is 32.1 Å². The second kappa shape index (κ2) is 7.29. The Morgan fingerprint density at radius 3 is 1.52 bits per heavy atom. The van der Waals surface area contributed by atoms with E-state index in [0.29, 0.717) is 10.1 Å². The predicted octanol–water partition coefficient (Wildman–Crippen LogP) is 0.306. The summed E-state index contributed by atoms with van der Waals surface area (Å²) in [6.45, 7) is 4.23. The molecule has 0 aromatic carbocycles. The second-order valence-corrected chi connectivity index (χ2v) is 8.24. The highest BCUT2D eigenvalue weighted by Crippen LogP contribution is 2.35. The number of hydrogen-bond donors (Lipinski definition) is 1. The Hall–Kier alpha value is -2.43. The first-order valence-corrected chi connectivity index (χ1v) is 8.68. The lowest BCUT2D eigenvalue weighted by Gasteiger charge is -2.31. The highest BCUT2D eigenvalue weighted by Gasteiger charge is 2.46. The number of hydroxylamine groups is 4. The summed E-state index contributed by atoms with van der Waals surface area (Å²) in [6.07, 6.45) is -0.397. The van der Waals surface area contributed by atoms with Crippen LogP contribution in [0.4, 0.5) is 0 Å². The van der Waals surface area contributed by atoms with Crippen LogP contribution < -0.4 is 0 Å². The van der Waals surface area contributed by atoms with E-state index in [2.05, 4.69) is 12.6 Å². The summed E-state index contributed by atoms with van der Waals surface area (Å²) in [6, 6.07) is 0. The monoisotopic (exact) mass is 400 g/mol. The van der Waals surface area contributed by atoms with Crippen molar-refractivity contribution in [2.75, 3.05) is 0 Å². The van der Waals surface area contributed by atoms with Crippen molar-refractivity contribution in [3.63, 3.8) is 0 Å². The summed E-state index contributed by atoms with van der Waals surface area (Å²) in [5.74, 6) is -4.42. The van der Waals surface area contributed by atoms with Crippen LogP contribution in [0.15, 0.2) is 0 Å². The van der Waals surface area contributed by atoms with Crippen molar-refractivity contribution in [3.05, 3.63) is 0 Å². The van der Waals surface area contributed by atoms with Crippen LogP contribution in [0.3, 0.4) is 0 Å². The summed E-state index contributed by atoms with van der Waals surface area (Å²) in [5.41, 5.74) is -1.34. The Kier molecular flexibility index (Phi) is 5.64. The lowest BCUT2D eigenvalue weighted by molar-refractivity contribution is -0.206. The fraction of sp³-hybridized carbons (Fsp3) is 0.625. The molecule has 0 bridgehead atoms. The minimum Gasteiger partial charge on any atom is -0.330 e. The van der Waals surface area contributed by atoms with Crippen LogP contribution in [0.5, 0.6) is 0 Å². The second-order valence-electron chi connectivity index (χ2n) is 7.26. The van der Waals surface area contributed by atoms with Gasteiger partial charge < -0.3 is 9.68 Å². The largest absolute Gasteiger partial charge is 0.348 e. The molecule has 0 radical (unpaired) electrons. The van der Waals surface area contributed by atoms with Gasteiger partial charge in [-0.2, -0.15) is 12.6 Å². The van der Waals surface area contributed by atoms with Crippen LogP contribution in [-0.4, -0.2) is 50.4 Å². The number of imide groups is 2. The number of carbonyl (C=O) groups is 6. The molecule has 0 N–H and O–H groups in total. The van der Waals surface area contributed by atoms with E-state index < -0.39 is 45.7 Å². The van der Waals surface area contributed by atoms with Crippen LogP contribution in [0.1, 0.15) is 52.9 Å². The molecular formula is C16H20N2O8S. The number of nitrogens with zero attached hydrogens (tertiary/aromatic N) is 2. The zero-order chi connectivity index (χ0) is 20.6. The minimum absolute atomic E-state index is 0.0406. The summed E-state index contributed by atoms with van der Waals surface area (Å²) < 4.78 is -1.56. The first-order chi connectivity index (χ1) is 12.3. The van der Waals surface area contributed by atoms with Crippen molar-refractivity contribution in [1.82, 2.24) is 10.1 Å². The highest BCUT2D eigenvalue weighted by molar-refractivity contribution is 7.82. The molecule has 27 heavy (non-hydrogen) atoms. The van der Waals surface area contributed by atoms with Gasteiger partial charge in [-0.3, -0.25) is 19.2 Å². The molecule has 0 aliphatic carbocycles. The molecule has 0 aromatic heterocycles. The molecule has 1 unspecified atom stereocenters. The average molecular weight is 400 g/mol. The van der Waals surface area contributed by atoms with Gasteiger partial charge in [-0.1, -0.05) is 0 Å². The van der Waals surface area contributed by atoms with Crippen molar-refractivity contribution < 1.29 is 38.4 Å². The lowest BCUT2D eigenvalue weighted by Crippen LogP contribution is -2.45. The Morgan fingerprint density at radius 1 is 0.815 bits per heavy atom. The van der Waals surface area contributed by atoms with Crippen LogP contribution in [0.25, 0.3) is 0 Å². The number of amides is 4. The van der Waals surface area contributed by atoms with E-state index in [0.717, 1.165) is 0 Å². The van der Waals surface area contributed by atoms with Crippen LogP contribution in [0.2, 0.25) is 0 Å². The van der Waals surface area contributed by atoms with Gasteiger partial charge in [0.1, 0.15) is 4.75 Å². The number of thiol groups is 1. The lowest BCUT2D eigenvalue weighted by atomic mass is 9.83. The van der Waals surface area contributed by atoms with E-state index in [9.17, 15) is 28.8 Å². The molecule has 148 valence electrons. The van der Waals surface area contributed by atoms with E-state index in [1.165, 1.54) is 20.8 Å². The third-order valence-electron chi connectivity index (χ3n) is 4.14. The van der Waals surface area contributed by atoms with Gasteiger partial charge in [0.25, 0.3) is 23.6 Å². The number of carbonyl (C=O) groups excluding carboxylic acids is 6. The van der Waals surface area contributed by atoms with Gasteiger partial charge in [0, 0.05) is 25.7 Å². The van der Waals surface area contributed by atoms with Gasteiger partial charge >= 0.3 is 11.9 Å². The fourth-order valence-corrected chi connectivity index (χ4v) is 3.14. The Labute approximate surface area is 160 Å². The third kappa shape index (κ3) is 4.46. The molecule has 2 heterocycles. The van der Waals surface area contributed by atoms with Crippen molar-refractivity contribution >= 4 is 48.2 Å². The van der Waals surface area contributed by atoms with Crippen molar-refractivity contribution in [1.29, 1.82) is 0 Å². The first-order valence-electron chi connectivity index (χ1n) is 8.24. The molecule has 0 saturated carbocycles. The Balaban J connectivity index is 2.03. The Bertz CT molecular complexity index is 638. The smallest absolute Gasteiger partial charge is 0.330 e. The molecule has 2 aliphatic heterocycles. The van der Waals surface area contributed by atoms with Crippen molar-refractivity contribution in [2.24, 2.45) is 5.41 Å².